The van der Waals surface area contributed by atoms with Crippen molar-refractivity contribution in [3.05, 3.63) is 58.6 Å². The average molecular weight is 499 g/mol. The largest absolute Gasteiger partial charge is 0.465 e. The van der Waals surface area contributed by atoms with Crippen LogP contribution in [0.5, 0.6) is 0 Å². The zero-order chi connectivity index (χ0) is 25.0. The number of methoxy groups -OCH3 is 1. The highest BCUT2D eigenvalue weighted by Gasteiger charge is 2.36. The summed E-state index contributed by atoms with van der Waals surface area (Å²) in [5, 5.41) is 2.05. The molecule has 34 heavy (non-hydrogen) atoms. The van der Waals surface area contributed by atoms with Crippen LogP contribution in [0.25, 0.3) is 0 Å². The third-order valence-electron chi connectivity index (χ3n) is 4.97. The Kier molecular flexibility index (Phi) is 7.45. The van der Waals surface area contributed by atoms with Crippen LogP contribution < -0.4 is 10.2 Å². The first-order valence-corrected chi connectivity index (χ1v) is 10.2. The molecule has 0 bridgehead atoms. The summed E-state index contributed by atoms with van der Waals surface area (Å²) in [5.74, 6) is -3.45. The van der Waals surface area contributed by atoms with Gasteiger partial charge in [-0.05, 0) is 42.5 Å². The lowest BCUT2D eigenvalue weighted by atomic mass is 10.1. The van der Waals surface area contributed by atoms with E-state index in [0.29, 0.717) is 17.3 Å². The molecule has 0 saturated carbocycles. The minimum absolute atomic E-state index is 0.00366. The van der Waals surface area contributed by atoms with Crippen molar-refractivity contribution in [1.82, 2.24) is 0 Å². The molecule has 1 aliphatic rings. The van der Waals surface area contributed by atoms with Crippen LogP contribution in [0.2, 0.25) is 5.02 Å². The van der Waals surface area contributed by atoms with E-state index in [2.05, 4.69) is 10.1 Å². The van der Waals surface area contributed by atoms with Crippen molar-refractivity contribution in [3.63, 3.8) is 0 Å². The Balaban J connectivity index is 1.56. The molecular formula is C22H18ClF3N2O6. The fraction of sp³-hybridized carbons (Fsp3) is 0.273. The molecule has 0 spiro atoms. The number of ether oxygens (including phenoxy) is 2. The standard InChI is InChI=1S/C22H18ClF3N2O6/c1-33-20(31)12-2-5-15(6-3-12)28-10-13(8-19(28)30)21(32)34-11-18(29)27-17-9-14(22(24,25)26)4-7-16(17)23/h2-7,9,13H,8,10-11H2,1H3,(H,27,29)/t13-/m0/s1. The van der Waals surface area contributed by atoms with Gasteiger partial charge in [-0.2, -0.15) is 13.2 Å². The Hall–Kier alpha value is -3.60. The van der Waals surface area contributed by atoms with Gasteiger partial charge in [0, 0.05) is 18.7 Å². The van der Waals surface area contributed by atoms with Crippen LogP contribution in [0.4, 0.5) is 24.5 Å². The van der Waals surface area contributed by atoms with E-state index in [0.717, 1.165) is 12.1 Å². The molecule has 1 heterocycles. The maximum atomic E-state index is 12.8. The van der Waals surface area contributed by atoms with Gasteiger partial charge < -0.3 is 19.7 Å². The average Bonchev–Trinajstić information content (AvgIpc) is 3.19. The molecule has 1 saturated heterocycles. The van der Waals surface area contributed by atoms with Crippen molar-refractivity contribution in [2.24, 2.45) is 5.92 Å². The first-order chi connectivity index (χ1) is 16.0. The van der Waals surface area contributed by atoms with Crippen molar-refractivity contribution in [3.8, 4) is 0 Å². The van der Waals surface area contributed by atoms with Gasteiger partial charge in [0.15, 0.2) is 6.61 Å². The summed E-state index contributed by atoms with van der Waals surface area (Å²) in [6.07, 6.45) is -4.78. The number of carbonyl (C=O) groups is 4. The number of hydrogen-bond acceptors (Lipinski definition) is 6. The molecule has 2 aromatic rings. The Morgan fingerprint density at radius 1 is 1.15 bits per heavy atom. The number of rotatable bonds is 6. The molecule has 3 rings (SSSR count). The van der Waals surface area contributed by atoms with Gasteiger partial charge in [-0.1, -0.05) is 11.6 Å². The molecule has 0 aromatic heterocycles. The molecule has 0 radical (unpaired) electrons. The number of anilines is 2. The Bertz CT molecular complexity index is 1120. The first kappa shape index (κ1) is 25.0. The second-order valence-electron chi connectivity index (χ2n) is 7.29. The molecule has 1 N–H and O–H groups in total. The maximum Gasteiger partial charge on any atom is 0.416 e. The Labute approximate surface area is 196 Å². The Morgan fingerprint density at radius 2 is 1.82 bits per heavy atom. The van der Waals surface area contributed by atoms with Crippen molar-refractivity contribution >= 4 is 46.7 Å². The van der Waals surface area contributed by atoms with Crippen LogP contribution in [0.3, 0.4) is 0 Å². The van der Waals surface area contributed by atoms with Gasteiger partial charge in [0.1, 0.15) is 0 Å². The second kappa shape index (κ2) is 10.1. The van der Waals surface area contributed by atoms with E-state index in [1.54, 1.807) is 0 Å². The summed E-state index contributed by atoms with van der Waals surface area (Å²) in [7, 11) is 1.24. The zero-order valence-corrected chi connectivity index (χ0v) is 18.4. The molecule has 12 heteroatoms. The lowest BCUT2D eigenvalue weighted by molar-refractivity contribution is -0.151. The molecule has 2 amide bonds. The van der Waals surface area contributed by atoms with Crippen LogP contribution >= 0.6 is 11.6 Å². The van der Waals surface area contributed by atoms with Gasteiger partial charge in [-0.25, -0.2) is 4.79 Å². The highest BCUT2D eigenvalue weighted by molar-refractivity contribution is 6.33. The summed E-state index contributed by atoms with van der Waals surface area (Å²) in [4.78, 5) is 49.6. The van der Waals surface area contributed by atoms with Gasteiger partial charge in [-0.3, -0.25) is 14.4 Å². The van der Waals surface area contributed by atoms with Crippen molar-refractivity contribution in [2.45, 2.75) is 12.6 Å². The number of benzene rings is 2. The molecule has 2 aromatic carbocycles. The predicted molar refractivity (Wildman–Crippen MR) is 114 cm³/mol. The summed E-state index contributed by atoms with van der Waals surface area (Å²) >= 11 is 5.82. The number of amides is 2. The number of alkyl halides is 3. The lowest BCUT2D eigenvalue weighted by Crippen LogP contribution is -2.28. The highest BCUT2D eigenvalue weighted by Crippen LogP contribution is 2.34. The van der Waals surface area contributed by atoms with Crippen LogP contribution in [0.15, 0.2) is 42.5 Å². The summed E-state index contributed by atoms with van der Waals surface area (Å²) in [6.45, 7) is -0.778. The van der Waals surface area contributed by atoms with E-state index in [9.17, 15) is 32.3 Å². The van der Waals surface area contributed by atoms with E-state index in [4.69, 9.17) is 16.3 Å². The normalized spacial score (nSPS) is 15.7. The third kappa shape index (κ3) is 5.84. The fourth-order valence-corrected chi connectivity index (χ4v) is 3.41. The van der Waals surface area contributed by atoms with Gasteiger partial charge in [0.05, 0.1) is 34.9 Å². The lowest BCUT2D eigenvalue weighted by Gasteiger charge is -2.17. The van der Waals surface area contributed by atoms with Crippen LogP contribution in [-0.4, -0.2) is 44.0 Å². The number of carbonyl (C=O) groups excluding carboxylic acids is 4. The quantitative estimate of drug-likeness (QED) is 0.610. The number of nitrogens with zero attached hydrogens (tertiary/aromatic N) is 1. The second-order valence-corrected chi connectivity index (χ2v) is 7.70. The van der Waals surface area contributed by atoms with Crippen molar-refractivity contribution in [2.75, 3.05) is 30.5 Å². The molecule has 8 nitrogen and oxygen atoms in total. The molecule has 0 unspecified atom stereocenters. The van der Waals surface area contributed by atoms with Crippen LogP contribution in [0, 0.1) is 5.92 Å². The van der Waals surface area contributed by atoms with Crippen molar-refractivity contribution in [1.29, 1.82) is 0 Å². The molecular weight excluding hydrogens is 481 g/mol. The van der Waals surface area contributed by atoms with Gasteiger partial charge >= 0.3 is 18.1 Å². The van der Waals surface area contributed by atoms with Gasteiger partial charge in [0.25, 0.3) is 5.91 Å². The number of esters is 2. The molecule has 1 fully saturated rings. The Morgan fingerprint density at radius 3 is 2.44 bits per heavy atom. The van der Waals surface area contributed by atoms with Gasteiger partial charge in [-0.15, -0.1) is 0 Å². The maximum absolute atomic E-state index is 12.8. The van der Waals surface area contributed by atoms with E-state index in [1.807, 2.05) is 0 Å². The topological polar surface area (TPSA) is 102 Å². The summed E-state index contributed by atoms with van der Waals surface area (Å²) < 4.78 is 48.1. The van der Waals surface area contributed by atoms with E-state index in [-0.39, 0.29) is 29.6 Å². The SMILES string of the molecule is COC(=O)c1ccc(N2C[C@@H](C(=O)OCC(=O)Nc3cc(C(F)(F)F)ccc3Cl)CC2=O)cc1. The first-order valence-electron chi connectivity index (χ1n) is 9.81. The molecule has 1 aliphatic heterocycles. The van der Waals surface area contributed by atoms with Crippen LogP contribution in [-0.2, 0) is 30.0 Å². The van der Waals surface area contributed by atoms with E-state index in [1.165, 1.54) is 36.3 Å². The number of hydrogen-bond donors (Lipinski definition) is 1. The third-order valence-corrected chi connectivity index (χ3v) is 5.30. The fourth-order valence-electron chi connectivity index (χ4n) is 3.25. The molecule has 180 valence electrons. The predicted octanol–water partition coefficient (Wildman–Crippen LogP) is 3.68. The molecule has 1 atom stereocenters. The minimum Gasteiger partial charge on any atom is -0.465 e. The number of nitrogens with one attached hydrogen (secondary N) is 1. The summed E-state index contributed by atoms with van der Waals surface area (Å²) in [6, 6.07) is 8.44. The number of halogens is 4. The van der Waals surface area contributed by atoms with Crippen molar-refractivity contribution < 1.29 is 41.8 Å². The monoisotopic (exact) mass is 498 g/mol. The molecule has 0 aliphatic carbocycles. The van der Waals surface area contributed by atoms with Crippen LogP contribution in [0.1, 0.15) is 22.3 Å². The van der Waals surface area contributed by atoms with E-state index < -0.39 is 42.1 Å². The highest BCUT2D eigenvalue weighted by atomic mass is 35.5. The summed E-state index contributed by atoms with van der Waals surface area (Å²) in [5.41, 5.74) is -0.533. The van der Waals surface area contributed by atoms with Gasteiger partial charge in [0.2, 0.25) is 5.91 Å². The minimum atomic E-state index is -4.63. The zero-order valence-electron chi connectivity index (χ0n) is 17.6. The van der Waals surface area contributed by atoms with E-state index >= 15 is 0 Å². The smallest absolute Gasteiger partial charge is 0.416 e.